The van der Waals surface area contributed by atoms with Gasteiger partial charge < -0.3 is 10.5 Å². The summed E-state index contributed by atoms with van der Waals surface area (Å²) in [7, 11) is 0. The van der Waals surface area contributed by atoms with E-state index in [0.717, 1.165) is 18.2 Å². The summed E-state index contributed by atoms with van der Waals surface area (Å²) >= 11 is 11.8. The monoisotopic (exact) mass is 303 g/mol. The van der Waals surface area contributed by atoms with Gasteiger partial charge in [0.15, 0.2) is 5.75 Å². The summed E-state index contributed by atoms with van der Waals surface area (Å²) < 4.78 is 31.7. The van der Waals surface area contributed by atoms with Gasteiger partial charge in [-0.05, 0) is 30.3 Å². The molecule has 0 radical (unpaired) electrons. The first-order valence-electron chi connectivity index (χ1n) is 5.28. The Hall–Kier alpha value is -1.52. The van der Waals surface area contributed by atoms with Crippen LogP contribution in [0.15, 0.2) is 30.3 Å². The normalized spacial score (nSPS) is 10.5. The van der Waals surface area contributed by atoms with E-state index < -0.39 is 11.6 Å². The number of hydrogen-bond acceptors (Lipinski definition) is 2. The third kappa shape index (κ3) is 3.28. The summed E-state index contributed by atoms with van der Waals surface area (Å²) in [5, 5.41) is 0.420. The maximum absolute atomic E-state index is 13.4. The van der Waals surface area contributed by atoms with Crippen molar-refractivity contribution in [2.75, 3.05) is 5.73 Å². The first-order chi connectivity index (χ1) is 8.97. The molecule has 0 heterocycles. The molecule has 2 nitrogen and oxygen atoms in total. The van der Waals surface area contributed by atoms with E-state index in [2.05, 4.69) is 0 Å². The molecule has 0 aliphatic rings. The minimum Gasteiger partial charge on any atom is -0.486 e. The lowest BCUT2D eigenvalue weighted by Crippen LogP contribution is -2.00. The number of nitrogen functional groups attached to an aromatic ring is 1. The average Bonchev–Trinajstić information content (AvgIpc) is 2.32. The van der Waals surface area contributed by atoms with Gasteiger partial charge in [0.1, 0.15) is 18.2 Å². The molecule has 0 aromatic heterocycles. The van der Waals surface area contributed by atoms with Crippen molar-refractivity contribution >= 4 is 28.9 Å². The summed E-state index contributed by atoms with van der Waals surface area (Å²) in [6.45, 7) is -0.188. The van der Waals surface area contributed by atoms with Gasteiger partial charge in [-0.3, -0.25) is 0 Å². The van der Waals surface area contributed by atoms with E-state index in [9.17, 15) is 8.78 Å². The van der Waals surface area contributed by atoms with Gasteiger partial charge in [-0.1, -0.05) is 23.2 Å². The molecule has 0 aliphatic heterocycles. The molecule has 0 saturated heterocycles. The molecular formula is C13H9Cl2F2NO. The highest BCUT2D eigenvalue weighted by Crippen LogP contribution is 2.35. The standard InChI is InChI=1S/C13H9Cl2F2NO/c14-10-4-9(18)5-11(15)13(10)19-6-7-3-8(16)1-2-12(7)17/h1-5H,6,18H2. The third-order valence-electron chi connectivity index (χ3n) is 2.40. The molecule has 0 unspecified atom stereocenters. The number of hydrogen-bond donors (Lipinski definition) is 1. The molecule has 6 heteroatoms. The maximum Gasteiger partial charge on any atom is 0.157 e. The minimum atomic E-state index is -0.566. The Morgan fingerprint density at radius 2 is 1.68 bits per heavy atom. The molecule has 0 spiro atoms. The number of nitrogens with two attached hydrogens (primary N) is 1. The van der Waals surface area contributed by atoms with E-state index in [4.69, 9.17) is 33.7 Å². The van der Waals surface area contributed by atoms with Crippen LogP contribution in [0.5, 0.6) is 5.75 Å². The highest BCUT2D eigenvalue weighted by molar-refractivity contribution is 6.37. The molecule has 0 atom stereocenters. The van der Waals surface area contributed by atoms with Crippen LogP contribution in [-0.2, 0) is 6.61 Å². The molecule has 19 heavy (non-hydrogen) atoms. The predicted molar refractivity (Wildman–Crippen MR) is 71.6 cm³/mol. The predicted octanol–water partition coefficient (Wildman–Crippen LogP) is 4.43. The first-order valence-corrected chi connectivity index (χ1v) is 6.04. The van der Waals surface area contributed by atoms with Crippen LogP contribution < -0.4 is 10.5 Å². The van der Waals surface area contributed by atoms with Gasteiger partial charge in [0.05, 0.1) is 10.0 Å². The zero-order chi connectivity index (χ0) is 14.0. The fourth-order valence-electron chi connectivity index (χ4n) is 1.52. The number of benzene rings is 2. The lowest BCUT2D eigenvalue weighted by molar-refractivity contribution is 0.299. The zero-order valence-corrected chi connectivity index (χ0v) is 11.1. The summed E-state index contributed by atoms with van der Waals surface area (Å²) in [4.78, 5) is 0. The molecular weight excluding hydrogens is 295 g/mol. The third-order valence-corrected chi connectivity index (χ3v) is 2.96. The molecule has 0 fully saturated rings. The molecule has 0 saturated carbocycles. The Balaban J connectivity index is 2.21. The molecule has 0 amide bonds. The Kier molecular flexibility index (Phi) is 4.12. The van der Waals surface area contributed by atoms with Crippen molar-refractivity contribution in [2.45, 2.75) is 6.61 Å². The van der Waals surface area contributed by atoms with Gasteiger partial charge in [-0.15, -0.1) is 0 Å². The Morgan fingerprint density at radius 1 is 1.05 bits per heavy atom. The number of ether oxygens (including phenoxy) is 1. The van der Waals surface area contributed by atoms with Crippen molar-refractivity contribution in [2.24, 2.45) is 0 Å². The zero-order valence-electron chi connectivity index (χ0n) is 9.59. The summed E-state index contributed by atoms with van der Waals surface area (Å²) in [6, 6.07) is 6.03. The van der Waals surface area contributed by atoms with Crippen molar-refractivity contribution in [3.63, 3.8) is 0 Å². The van der Waals surface area contributed by atoms with Crippen LogP contribution in [-0.4, -0.2) is 0 Å². The van der Waals surface area contributed by atoms with Crippen LogP contribution in [0.1, 0.15) is 5.56 Å². The minimum absolute atomic E-state index is 0.0731. The van der Waals surface area contributed by atoms with Crippen molar-refractivity contribution in [1.29, 1.82) is 0 Å². The van der Waals surface area contributed by atoms with E-state index in [-0.39, 0.29) is 28.0 Å². The second kappa shape index (κ2) is 5.63. The number of rotatable bonds is 3. The molecule has 2 rings (SSSR count). The van der Waals surface area contributed by atoms with E-state index in [0.29, 0.717) is 5.69 Å². The highest BCUT2D eigenvalue weighted by atomic mass is 35.5. The molecule has 0 aliphatic carbocycles. The van der Waals surface area contributed by atoms with Crippen molar-refractivity contribution in [1.82, 2.24) is 0 Å². The van der Waals surface area contributed by atoms with E-state index in [1.807, 2.05) is 0 Å². The summed E-state index contributed by atoms with van der Waals surface area (Å²) in [5.41, 5.74) is 6.01. The highest BCUT2D eigenvalue weighted by Gasteiger charge is 2.11. The summed E-state index contributed by atoms with van der Waals surface area (Å²) in [6.07, 6.45) is 0. The van der Waals surface area contributed by atoms with Gasteiger partial charge >= 0.3 is 0 Å². The lowest BCUT2D eigenvalue weighted by Gasteiger charge is -2.11. The van der Waals surface area contributed by atoms with Gasteiger partial charge in [0.2, 0.25) is 0 Å². The SMILES string of the molecule is Nc1cc(Cl)c(OCc2cc(F)ccc2F)c(Cl)c1. The Bertz CT molecular complexity index is 597. The fourth-order valence-corrected chi connectivity index (χ4v) is 2.13. The van der Waals surface area contributed by atoms with E-state index >= 15 is 0 Å². The molecule has 2 aromatic carbocycles. The van der Waals surface area contributed by atoms with Gasteiger partial charge in [-0.25, -0.2) is 8.78 Å². The van der Waals surface area contributed by atoms with Crippen LogP contribution in [0.25, 0.3) is 0 Å². The van der Waals surface area contributed by atoms with E-state index in [1.54, 1.807) is 0 Å². The van der Waals surface area contributed by atoms with Gasteiger partial charge in [-0.2, -0.15) is 0 Å². The fraction of sp³-hybridized carbons (Fsp3) is 0.0769. The largest absolute Gasteiger partial charge is 0.486 e. The maximum atomic E-state index is 13.4. The number of anilines is 1. The van der Waals surface area contributed by atoms with Crippen LogP contribution in [0.2, 0.25) is 10.0 Å². The Morgan fingerprint density at radius 3 is 2.32 bits per heavy atom. The smallest absolute Gasteiger partial charge is 0.157 e. The van der Waals surface area contributed by atoms with Crippen LogP contribution in [0.4, 0.5) is 14.5 Å². The Labute approximate surface area is 118 Å². The lowest BCUT2D eigenvalue weighted by atomic mass is 10.2. The second-order valence-corrected chi connectivity index (χ2v) is 4.65. The topological polar surface area (TPSA) is 35.2 Å². The van der Waals surface area contributed by atoms with Crippen LogP contribution >= 0.6 is 23.2 Å². The molecule has 0 bridgehead atoms. The molecule has 2 aromatic rings. The van der Waals surface area contributed by atoms with Crippen molar-refractivity contribution in [3.8, 4) is 5.75 Å². The second-order valence-electron chi connectivity index (χ2n) is 3.84. The average molecular weight is 304 g/mol. The van der Waals surface area contributed by atoms with Crippen molar-refractivity contribution < 1.29 is 13.5 Å². The quantitative estimate of drug-likeness (QED) is 0.851. The van der Waals surface area contributed by atoms with Gasteiger partial charge in [0.25, 0.3) is 0 Å². The van der Waals surface area contributed by atoms with Crippen LogP contribution in [0.3, 0.4) is 0 Å². The first kappa shape index (κ1) is 13.9. The van der Waals surface area contributed by atoms with E-state index in [1.165, 1.54) is 12.1 Å². The van der Waals surface area contributed by atoms with Crippen molar-refractivity contribution in [3.05, 3.63) is 57.6 Å². The molecule has 2 N–H and O–H groups in total. The summed E-state index contributed by atoms with van der Waals surface area (Å²) in [5.74, 6) is -0.931. The molecule has 100 valence electrons. The van der Waals surface area contributed by atoms with Gasteiger partial charge in [0, 0.05) is 11.3 Å². The van der Waals surface area contributed by atoms with Crippen LogP contribution in [0, 0.1) is 11.6 Å². The number of halogens is 4.